The summed E-state index contributed by atoms with van der Waals surface area (Å²) in [6.07, 6.45) is 0.0120. The highest BCUT2D eigenvalue weighted by Crippen LogP contribution is 2.26. The van der Waals surface area contributed by atoms with Crippen LogP contribution in [0, 0.1) is 17.0 Å². The fourth-order valence-corrected chi connectivity index (χ4v) is 3.05. The zero-order chi connectivity index (χ0) is 22.4. The molecule has 0 saturated carbocycles. The van der Waals surface area contributed by atoms with Crippen LogP contribution < -0.4 is 22.1 Å². The minimum Gasteiger partial charge on any atom is -0.371 e. The predicted molar refractivity (Wildman–Crippen MR) is 116 cm³/mol. The van der Waals surface area contributed by atoms with Gasteiger partial charge < -0.3 is 27.5 Å². The van der Waals surface area contributed by atoms with Crippen molar-refractivity contribution in [2.75, 3.05) is 10.6 Å². The normalized spacial score (nSPS) is 11.4. The maximum Gasteiger partial charge on any atom is 0.250 e. The van der Waals surface area contributed by atoms with Crippen LogP contribution >= 0.6 is 12.2 Å². The number of nitrogens with two attached hydrogens (primary N) is 2. The lowest BCUT2D eigenvalue weighted by molar-refractivity contribution is -0.118. The Morgan fingerprint density at radius 2 is 1.80 bits per heavy atom. The van der Waals surface area contributed by atoms with Crippen molar-refractivity contribution in [2.24, 2.45) is 11.5 Å². The first-order valence-electron chi connectivity index (χ1n) is 8.85. The summed E-state index contributed by atoms with van der Waals surface area (Å²) in [4.78, 5) is 23.8. The van der Waals surface area contributed by atoms with E-state index in [2.05, 4.69) is 10.6 Å². The van der Waals surface area contributed by atoms with Gasteiger partial charge >= 0.3 is 0 Å². The lowest BCUT2D eigenvalue weighted by Crippen LogP contribution is -2.37. The number of amides is 2. The molecule has 0 spiro atoms. The highest BCUT2D eigenvalue weighted by Gasteiger charge is 2.21. The van der Waals surface area contributed by atoms with E-state index >= 15 is 0 Å². The lowest BCUT2D eigenvalue weighted by atomic mass is 10.0. The van der Waals surface area contributed by atoms with Gasteiger partial charge in [-0.05, 0) is 30.7 Å². The van der Waals surface area contributed by atoms with Gasteiger partial charge in [-0.15, -0.1) is 0 Å². The van der Waals surface area contributed by atoms with Gasteiger partial charge in [0.1, 0.15) is 17.7 Å². The molecule has 1 atom stereocenters. The predicted octanol–water partition coefficient (Wildman–Crippen LogP) is 2.74. The number of anilines is 2. The summed E-state index contributed by atoms with van der Waals surface area (Å²) in [6, 6.07) is 6.83. The molecule has 2 amide bonds. The number of carbonyl (C=O) groups excluding carboxylic acids is 2. The third kappa shape index (κ3) is 6.05. The van der Waals surface area contributed by atoms with Crippen LogP contribution in [0.3, 0.4) is 0 Å². The van der Waals surface area contributed by atoms with Gasteiger partial charge in [0, 0.05) is 18.6 Å². The molecule has 10 heteroatoms. The Morgan fingerprint density at radius 3 is 2.37 bits per heavy atom. The molecule has 2 aromatic rings. The van der Waals surface area contributed by atoms with Crippen molar-refractivity contribution in [2.45, 2.75) is 25.8 Å². The molecular formula is C20H21F2N5O2S. The summed E-state index contributed by atoms with van der Waals surface area (Å²) in [6.45, 7) is 1.56. The molecule has 0 aromatic heterocycles. The molecule has 30 heavy (non-hydrogen) atoms. The van der Waals surface area contributed by atoms with Crippen molar-refractivity contribution >= 4 is 46.1 Å². The van der Waals surface area contributed by atoms with Crippen LogP contribution in [0.5, 0.6) is 0 Å². The van der Waals surface area contributed by atoms with Crippen LogP contribution in [0.15, 0.2) is 36.4 Å². The van der Waals surface area contributed by atoms with Crippen molar-refractivity contribution in [1.82, 2.24) is 0 Å². The second-order valence-corrected chi connectivity index (χ2v) is 7.13. The number of halogens is 2. The Kier molecular flexibility index (Phi) is 7.54. The standard InChI is InChI=1S/C20H21F2N5O2S/c1-10(23)6-18(30)27-15-9-16(14(22)8-12(15)19(24)28)26-17(20(25)29)7-11-4-2-3-5-13(11)21/h2-5,8-9,17,23,26H,6-7H2,1H3,(H2,24,28)(H2,25,29)(H,27,30). The number of rotatable bonds is 9. The Balaban J connectivity index is 2.36. The van der Waals surface area contributed by atoms with E-state index in [9.17, 15) is 18.4 Å². The largest absolute Gasteiger partial charge is 0.371 e. The smallest absolute Gasteiger partial charge is 0.250 e. The molecule has 158 valence electrons. The average Bonchev–Trinajstić information content (AvgIpc) is 2.64. The zero-order valence-electron chi connectivity index (χ0n) is 16.1. The molecule has 7 N–H and O–H groups in total. The molecule has 0 bridgehead atoms. The van der Waals surface area contributed by atoms with Crippen molar-refractivity contribution in [3.8, 4) is 0 Å². The maximum absolute atomic E-state index is 14.6. The van der Waals surface area contributed by atoms with Crippen molar-refractivity contribution < 1.29 is 18.4 Å². The van der Waals surface area contributed by atoms with Gasteiger partial charge in [-0.2, -0.15) is 0 Å². The van der Waals surface area contributed by atoms with Gasteiger partial charge in [-0.1, -0.05) is 30.4 Å². The molecule has 0 aliphatic heterocycles. The fourth-order valence-electron chi connectivity index (χ4n) is 2.72. The van der Waals surface area contributed by atoms with Crippen molar-refractivity contribution in [1.29, 1.82) is 5.41 Å². The van der Waals surface area contributed by atoms with Crippen LogP contribution in [-0.4, -0.2) is 28.6 Å². The van der Waals surface area contributed by atoms with Crippen LogP contribution in [-0.2, 0) is 11.2 Å². The van der Waals surface area contributed by atoms with Crippen LogP contribution in [0.4, 0.5) is 20.2 Å². The molecule has 1 unspecified atom stereocenters. The molecule has 0 aliphatic rings. The Morgan fingerprint density at radius 1 is 1.13 bits per heavy atom. The quantitative estimate of drug-likeness (QED) is 0.306. The first kappa shape index (κ1) is 22.9. The van der Waals surface area contributed by atoms with E-state index in [0.717, 1.165) is 6.07 Å². The Bertz CT molecular complexity index is 1010. The van der Waals surface area contributed by atoms with Gasteiger partial charge in [0.25, 0.3) is 5.91 Å². The summed E-state index contributed by atoms with van der Waals surface area (Å²) in [5, 5.41) is 12.9. The Hall–Kier alpha value is -3.40. The zero-order valence-corrected chi connectivity index (χ0v) is 16.9. The summed E-state index contributed by atoms with van der Waals surface area (Å²) in [5.74, 6) is -3.09. The summed E-state index contributed by atoms with van der Waals surface area (Å²) >= 11 is 5.13. The highest BCUT2D eigenvalue weighted by molar-refractivity contribution is 7.80. The van der Waals surface area contributed by atoms with Crippen LogP contribution in [0.1, 0.15) is 29.3 Å². The van der Waals surface area contributed by atoms with Crippen LogP contribution in [0.25, 0.3) is 0 Å². The van der Waals surface area contributed by atoms with Gasteiger partial charge in [0.2, 0.25) is 5.91 Å². The SMILES string of the molecule is CC(=N)CC(=S)Nc1cc(NC(Cc2ccccc2F)C(N)=O)c(F)cc1C(N)=O. The Labute approximate surface area is 177 Å². The van der Waals surface area contributed by atoms with Gasteiger partial charge in [0.15, 0.2) is 0 Å². The van der Waals surface area contributed by atoms with E-state index in [0.29, 0.717) is 0 Å². The maximum atomic E-state index is 14.6. The topological polar surface area (TPSA) is 134 Å². The van der Waals surface area contributed by atoms with E-state index in [-0.39, 0.29) is 46.0 Å². The van der Waals surface area contributed by atoms with Gasteiger partial charge in [0.05, 0.1) is 21.9 Å². The van der Waals surface area contributed by atoms with E-state index < -0.39 is 29.5 Å². The molecule has 7 nitrogen and oxygen atoms in total. The fraction of sp³-hybridized carbons (Fsp3) is 0.200. The lowest BCUT2D eigenvalue weighted by Gasteiger charge is -2.20. The molecule has 2 aromatic carbocycles. The first-order valence-corrected chi connectivity index (χ1v) is 9.25. The molecule has 0 radical (unpaired) electrons. The number of carbonyl (C=O) groups is 2. The number of nitrogens with one attached hydrogen (secondary N) is 3. The highest BCUT2D eigenvalue weighted by atomic mass is 32.1. The summed E-state index contributed by atoms with van der Waals surface area (Å²) < 4.78 is 28.5. The van der Waals surface area contributed by atoms with Crippen molar-refractivity contribution in [3.05, 3.63) is 59.2 Å². The molecule has 0 heterocycles. The molecule has 0 saturated heterocycles. The van der Waals surface area contributed by atoms with E-state index in [1.807, 2.05) is 0 Å². The summed E-state index contributed by atoms with van der Waals surface area (Å²) in [5.41, 5.74) is 11.0. The van der Waals surface area contributed by atoms with E-state index in [1.165, 1.54) is 24.3 Å². The number of benzene rings is 2. The van der Waals surface area contributed by atoms with E-state index in [1.54, 1.807) is 13.0 Å². The number of hydrogen-bond donors (Lipinski definition) is 5. The summed E-state index contributed by atoms with van der Waals surface area (Å²) in [7, 11) is 0. The second-order valence-electron chi connectivity index (χ2n) is 6.64. The average molecular weight is 433 g/mol. The second kappa shape index (κ2) is 9.88. The monoisotopic (exact) mass is 433 g/mol. The third-order valence-electron chi connectivity index (χ3n) is 4.13. The molecule has 0 aliphatic carbocycles. The van der Waals surface area contributed by atoms with Crippen LogP contribution in [0.2, 0.25) is 0 Å². The van der Waals surface area contributed by atoms with Gasteiger partial charge in [-0.25, -0.2) is 8.78 Å². The number of thiocarbonyl (C=S) groups is 1. The number of primary amides is 2. The minimum absolute atomic E-state index is 0.103. The third-order valence-corrected chi connectivity index (χ3v) is 4.37. The first-order chi connectivity index (χ1) is 14.1. The van der Waals surface area contributed by atoms with Gasteiger partial charge in [-0.3, -0.25) is 9.59 Å². The number of hydrogen-bond acceptors (Lipinski definition) is 5. The molecule has 0 fully saturated rings. The van der Waals surface area contributed by atoms with E-state index in [4.69, 9.17) is 29.1 Å². The minimum atomic E-state index is -1.13. The van der Waals surface area contributed by atoms with Crippen molar-refractivity contribution in [3.63, 3.8) is 0 Å². The molecule has 2 rings (SSSR count). The molecular weight excluding hydrogens is 412 g/mol.